The van der Waals surface area contributed by atoms with Crippen molar-refractivity contribution in [1.82, 2.24) is 9.55 Å². The Labute approximate surface area is 120 Å². The molecule has 0 fully saturated rings. The van der Waals surface area contributed by atoms with Crippen LogP contribution in [0.3, 0.4) is 0 Å². The Balaban J connectivity index is 2.41. The summed E-state index contributed by atoms with van der Waals surface area (Å²) >= 11 is 0. The fourth-order valence-electron chi connectivity index (χ4n) is 2.09. The number of rotatable bonds is 5. The number of nitrogens with zero attached hydrogens (tertiary/aromatic N) is 1. The molecule has 0 atom stereocenters. The summed E-state index contributed by atoms with van der Waals surface area (Å²) in [6, 6.07) is 5.65. The highest BCUT2D eigenvalue weighted by Crippen LogP contribution is 2.16. The number of benzene rings is 1. The molecular weight excluding hydrogens is 275 g/mol. The Morgan fingerprint density at radius 1 is 1.24 bits per heavy atom. The molecule has 1 aromatic carbocycles. The molecule has 0 saturated heterocycles. The first-order valence-electron chi connectivity index (χ1n) is 6.82. The van der Waals surface area contributed by atoms with Crippen molar-refractivity contribution in [3.8, 4) is 5.88 Å². The van der Waals surface area contributed by atoms with Crippen molar-refractivity contribution in [2.45, 2.75) is 32.7 Å². The van der Waals surface area contributed by atoms with Gasteiger partial charge in [0.15, 0.2) is 0 Å². The van der Waals surface area contributed by atoms with E-state index >= 15 is 0 Å². The number of hydrogen-bond acceptors (Lipinski definition) is 3. The van der Waals surface area contributed by atoms with Gasteiger partial charge in [-0.3, -0.25) is 14.3 Å². The topological polar surface area (TPSA) is 75.1 Å². The van der Waals surface area contributed by atoms with E-state index in [4.69, 9.17) is 0 Å². The molecule has 2 rings (SSSR count). The van der Waals surface area contributed by atoms with Gasteiger partial charge in [0.05, 0.1) is 5.56 Å². The van der Waals surface area contributed by atoms with Crippen LogP contribution >= 0.6 is 0 Å². The van der Waals surface area contributed by atoms with Crippen LogP contribution in [-0.2, 0) is 13.0 Å². The van der Waals surface area contributed by atoms with E-state index in [0.29, 0.717) is 12.1 Å². The third kappa shape index (κ3) is 3.39. The number of H-pyrrole nitrogens is 1. The molecule has 6 heteroatoms. The number of aromatic amines is 1. The second-order valence-corrected chi connectivity index (χ2v) is 4.87. The molecule has 0 aliphatic carbocycles. The maximum absolute atomic E-state index is 12.9. The lowest BCUT2D eigenvalue weighted by molar-refractivity contribution is 0.389. The molecule has 0 amide bonds. The third-order valence-corrected chi connectivity index (χ3v) is 3.29. The third-order valence-electron chi connectivity index (χ3n) is 3.29. The molecule has 0 radical (unpaired) electrons. The minimum atomic E-state index is -0.617. The summed E-state index contributed by atoms with van der Waals surface area (Å²) in [5.74, 6) is -0.689. The van der Waals surface area contributed by atoms with Crippen molar-refractivity contribution in [3.05, 3.63) is 62.0 Å². The fourth-order valence-corrected chi connectivity index (χ4v) is 2.09. The Bertz CT molecular complexity index is 732. The molecule has 5 nitrogen and oxygen atoms in total. The van der Waals surface area contributed by atoms with Crippen LogP contribution < -0.4 is 11.2 Å². The van der Waals surface area contributed by atoms with Gasteiger partial charge >= 0.3 is 5.69 Å². The van der Waals surface area contributed by atoms with E-state index in [0.717, 1.165) is 17.4 Å². The number of nitrogens with one attached hydrogen (secondary N) is 1. The first kappa shape index (κ1) is 15.0. The Hall–Kier alpha value is -2.37. The molecule has 0 spiro atoms. The van der Waals surface area contributed by atoms with Crippen molar-refractivity contribution >= 4 is 0 Å². The first-order valence-corrected chi connectivity index (χ1v) is 6.82. The minimum absolute atomic E-state index is 0.109. The van der Waals surface area contributed by atoms with Crippen LogP contribution in [0.15, 0.2) is 33.9 Å². The largest absolute Gasteiger partial charge is 0.494 e. The zero-order valence-corrected chi connectivity index (χ0v) is 11.7. The predicted octanol–water partition coefficient (Wildman–Crippen LogP) is 1.77. The quantitative estimate of drug-likeness (QED) is 0.882. The molecule has 0 aliphatic rings. The maximum Gasteiger partial charge on any atom is 0.331 e. The molecule has 112 valence electrons. The summed E-state index contributed by atoms with van der Waals surface area (Å²) in [5, 5.41) is 10.2. The first-order chi connectivity index (χ1) is 10.0. The second-order valence-electron chi connectivity index (χ2n) is 4.87. The summed E-state index contributed by atoms with van der Waals surface area (Å²) in [6.07, 6.45) is 1.71. The highest BCUT2D eigenvalue weighted by atomic mass is 19.1. The number of aromatic nitrogens is 2. The van der Waals surface area contributed by atoms with Gasteiger partial charge in [-0.25, -0.2) is 9.18 Å². The molecule has 21 heavy (non-hydrogen) atoms. The summed E-state index contributed by atoms with van der Waals surface area (Å²) in [5.41, 5.74) is -0.446. The Morgan fingerprint density at radius 3 is 2.52 bits per heavy atom. The summed E-state index contributed by atoms with van der Waals surface area (Å²) in [4.78, 5) is 25.8. The van der Waals surface area contributed by atoms with Gasteiger partial charge in [0, 0.05) is 13.0 Å². The average molecular weight is 292 g/mol. The lowest BCUT2D eigenvalue weighted by Crippen LogP contribution is -2.32. The van der Waals surface area contributed by atoms with Gasteiger partial charge in [0.2, 0.25) is 5.88 Å². The van der Waals surface area contributed by atoms with Crippen LogP contribution in [0.1, 0.15) is 30.9 Å². The van der Waals surface area contributed by atoms with Crippen LogP contribution in [0.25, 0.3) is 0 Å². The SMILES string of the molecule is CCCCn1c(O)c(Cc2ccc(F)cc2)c(=O)[nH]c1=O. The van der Waals surface area contributed by atoms with Crippen molar-refractivity contribution in [1.29, 1.82) is 0 Å². The predicted molar refractivity (Wildman–Crippen MR) is 77.1 cm³/mol. The average Bonchev–Trinajstić information content (AvgIpc) is 2.45. The summed E-state index contributed by atoms with van der Waals surface area (Å²) in [6.45, 7) is 2.31. The zero-order chi connectivity index (χ0) is 15.4. The lowest BCUT2D eigenvalue weighted by Gasteiger charge is -2.11. The van der Waals surface area contributed by atoms with E-state index in [1.165, 1.54) is 24.3 Å². The molecule has 2 aromatic rings. The smallest absolute Gasteiger partial charge is 0.331 e. The minimum Gasteiger partial charge on any atom is -0.494 e. The summed E-state index contributed by atoms with van der Waals surface area (Å²) < 4.78 is 14.0. The highest BCUT2D eigenvalue weighted by molar-refractivity contribution is 5.30. The second kappa shape index (κ2) is 6.39. The lowest BCUT2D eigenvalue weighted by atomic mass is 10.1. The molecule has 0 unspecified atom stereocenters. The molecule has 1 heterocycles. The number of aromatic hydroxyl groups is 1. The fraction of sp³-hybridized carbons (Fsp3) is 0.333. The Morgan fingerprint density at radius 2 is 1.90 bits per heavy atom. The van der Waals surface area contributed by atoms with E-state index in [-0.39, 0.29) is 23.7 Å². The molecule has 0 saturated carbocycles. The molecule has 0 aliphatic heterocycles. The van der Waals surface area contributed by atoms with Crippen molar-refractivity contribution in [2.24, 2.45) is 0 Å². The van der Waals surface area contributed by atoms with Gasteiger partial charge in [0.25, 0.3) is 5.56 Å². The number of hydrogen-bond donors (Lipinski definition) is 2. The zero-order valence-electron chi connectivity index (χ0n) is 11.7. The van der Waals surface area contributed by atoms with E-state index in [1.54, 1.807) is 0 Å². The van der Waals surface area contributed by atoms with Crippen LogP contribution in [0.5, 0.6) is 5.88 Å². The van der Waals surface area contributed by atoms with Gasteiger partial charge in [0.1, 0.15) is 5.82 Å². The monoisotopic (exact) mass is 292 g/mol. The number of unbranched alkanes of at least 4 members (excludes halogenated alkanes) is 1. The van der Waals surface area contributed by atoms with Gasteiger partial charge < -0.3 is 5.11 Å². The molecular formula is C15H17FN2O3. The Kier molecular flexibility index (Phi) is 4.57. The van der Waals surface area contributed by atoms with E-state index in [1.807, 2.05) is 6.92 Å². The van der Waals surface area contributed by atoms with Gasteiger partial charge in [-0.2, -0.15) is 0 Å². The van der Waals surface area contributed by atoms with Gasteiger partial charge in [-0.05, 0) is 24.1 Å². The summed E-state index contributed by atoms with van der Waals surface area (Å²) in [7, 11) is 0. The molecule has 0 bridgehead atoms. The van der Waals surface area contributed by atoms with Crippen LogP contribution in [0.2, 0.25) is 0 Å². The van der Waals surface area contributed by atoms with Crippen LogP contribution in [-0.4, -0.2) is 14.7 Å². The maximum atomic E-state index is 12.9. The molecule has 2 N–H and O–H groups in total. The van der Waals surface area contributed by atoms with Crippen molar-refractivity contribution in [3.63, 3.8) is 0 Å². The highest BCUT2D eigenvalue weighted by Gasteiger charge is 2.14. The number of halogens is 1. The standard InChI is InChI=1S/C15H17FN2O3/c1-2-3-8-18-14(20)12(13(19)17-15(18)21)9-10-4-6-11(16)7-5-10/h4-7,20H,2-3,8-9H2,1H3,(H,17,19,21). The van der Waals surface area contributed by atoms with Gasteiger partial charge in [-0.1, -0.05) is 25.5 Å². The van der Waals surface area contributed by atoms with E-state index < -0.39 is 11.2 Å². The van der Waals surface area contributed by atoms with Crippen molar-refractivity contribution in [2.75, 3.05) is 0 Å². The van der Waals surface area contributed by atoms with E-state index in [9.17, 15) is 19.1 Å². The van der Waals surface area contributed by atoms with Crippen LogP contribution in [0.4, 0.5) is 4.39 Å². The van der Waals surface area contributed by atoms with Gasteiger partial charge in [-0.15, -0.1) is 0 Å². The van der Waals surface area contributed by atoms with Crippen molar-refractivity contribution < 1.29 is 9.50 Å². The molecule has 1 aromatic heterocycles. The normalized spacial score (nSPS) is 10.8. The van der Waals surface area contributed by atoms with Crippen LogP contribution in [0, 0.1) is 5.82 Å². The van der Waals surface area contributed by atoms with E-state index in [2.05, 4.69) is 4.98 Å².